The van der Waals surface area contributed by atoms with Gasteiger partial charge < -0.3 is 5.32 Å². The van der Waals surface area contributed by atoms with Crippen LogP contribution >= 0.6 is 15.9 Å². The van der Waals surface area contributed by atoms with E-state index >= 15 is 0 Å². The van der Waals surface area contributed by atoms with Crippen LogP contribution < -0.4 is 5.32 Å². The zero-order valence-corrected chi connectivity index (χ0v) is 11.0. The fourth-order valence-corrected chi connectivity index (χ4v) is 2.03. The summed E-state index contributed by atoms with van der Waals surface area (Å²) in [4.78, 5) is 0. The second-order valence-electron chi connectivity index (χ2n) is 3.87. The fraction of sp³-hybridized carbons (Fsp3) is 0.250. The molecule has 0 aliphatic carbocycles. The van der Waals surface area contributed by atoms with Crippen LogP contribution in [0.4, 0.5) is 4.39 Å². The Morgan fingerprint density at radius 1 is 1.53 bits per heavy atom. The number of halogens is 2. The first-order chi connectivity index (χ1) is 8.16. The second kappa shape index (κ2) is 5.42. The molecule has 0 bridgehead atoms. The first-order valence-electron chi connectivity index (χ1n) is 5.33. The van der Waals surface area contributed by atoms with Crippen LogP contribution in [0.25, 0.3) is 0 Å². The Hall–Kier alpha value is -1.20. The van der Waals surface area contributed by atoms with E-state index in [1.54, 1.807) is 12.3 Å². The minimum atomic E-state index is -0.233. The maximum absolute atomic E-state index is 12.9. The number of aromatic nitrogens is 2. The predicted molar refractivity (Wildman–Crippen MR) is 67.9 cm³/mol. The second-order valence-corrected chi connectivity index (χ2v) is 4.72. The Balaban J connectivity index is 1.98. The lowest BCUT2D eigenvalue weighted by Crippen LogP contribution is -2.17. The van der Waals surface area contributed by atoms with Gasteiger partial charge in [0.05, 0.1) is 6.20 Å². The van der Waals surface area contributed by atoms with Gasteiger partial charge in [-0.25, -0.2) is 4.39 Å². The van der Waals surface area contributed by atoms with E-state index in [1.807, 2.05) is 6.20 Å². The summed E-state index contributed by atoms with van der Waals surface area (Å²) in [5.74, 6) is -0.233. The standard InChI is InChI=1S/C12H13BrFN3/c1-8(10-6-16-17-7-10)15-5-9-2-3-11(14)4-12(9)13/h2-4,6-8,15H,5H2,1H3,(H,16,17). The highest BCUT2D eigenvalue weighted by atomic mass is 79.9. The van der Waals surface area contributed by atoms with Gasteiger partial charge in [0.2, 0.25) is 0 Å². The Kier molecular flexibility index (Phi) is 3.91. The number of nitrogens with one attached hydrogen (secondary N) is 2. The van der Waals surface area contributed by atoms with Gasteiger partial charge in [0.25, 0.3) is 0 Å². The monoisotopic (exact) mass is 297 g/mol. The zero-order valence-electron chi connectivity index (χ0n) is 9.37. The van der Waals surface area contributed by atoms with E-state index in [4.69, 9.17) is 0 Å². The van der Waals surface area contributed by atoms with Gasteiger partial charge in [-0.3, -0.25) is 5.10 Å². The van der Waals surface area contributed by atoms with Crippen molar-refractivity contribution < 1.29 is 4.39 Å². The molecule has 0 saturated carbocycles. The van der Waals surface area contributed by atoms with Crippen molar-refractivity contribution >= 4 is 15.9 Å². The zero-order chi connectivity index (χ0) is 12.3. The Labute approximate surface area is 108 Å². The number of aromatic amines is 1. The summed E-state index contributed by atoms with van der Waals surface area (Å²) in [6.45, 7) is 2.73. The molecule has 2 N–H and O–H groups in total. The molecule has 1 heterocycles. The number of rotatable bonds is 4. The molecule has 0 radical (unpaired) electrons. The van der Waals surface area contributed by atoms with Crippen LogP contribution in [0.3, 0.4) is 0 Å². The average molecular weight is 298 g/mol. The topological polar surface area (TPSA) is 40.7 Å². The van der Waals surface area contributed by atoms with Gasteiger partial charge in [-0.05, 0) is 24.6 Å². The molecule has 0 amide bonds. The summed E-state index contributed by atoms with van der Waals surface area (Å²) in [5.41, 5.74) is 2.13. The molecule has 1 aromatic carbocycles. The highest BCUT2D eigenvalue weighted by Crippen LogP contribution is 2.19. The van der Waals surface area contributed by atoms with Crippen LogP contribution in [-0.4, -0.2) is 10.2 Å². The van der Waals surface area contributed by atoms with Gasteiger partial charge in [0.15, 0.2) is 0 Å². The fourth-order valence-electron chi connectivity index (χ4n) is 1.54. The van der Waals surface area contributed by atoms with Crippen molar-refractivity contribution in [1.82, 2.24) is 15.5 Å². The van der Waals surface area contributed by atoms with Crippen LogP contribution in [0.5, 0.6) is 0 Å². The number of hydrogen-bond acceptors (Lipinski definition) is 2. The van der Waals surface area contributed by atoms with Crippen LogP contribution in [0, 0.1) is 5.82 Å². The van der Waals surface area contributed by atoms with Crippen LogP contribution in [0.2, 0.25) is 0 Å². The summed E-state index contributed by atoms with van der Waals surface area (Å²) in [7, 11) is 0. The van der Waals surface area contributed by atoms with Gasteiger partial charge in [-0.1, -0.05) is 22.0 Å². The van der Waals surface area contributed by atoms with Crippen molar-refractivity contribution in [2.75, 3.05) is 0 Å². The van der Waals surface area contributed by atoms with E-state index in [-0.39, 0.29) is 11.9 Å². The molecule has 3 nitrogen and oxygen atoms in total. The first kappa shape index (κ1) is 12.3. The van der Waals surface area contributed by atoms with Crippen LogP contribution in [0.15, 0.2) is 35.1 Å². The molecule has 0 aliphatic heterocycles. The van der Waals surface area contributed by atoms with Gasteiger partial charge in [-0.2, -0.15) is 5.10 Å². The van der Waals surface area contributed by atoms with E-state index in [2.05, 4.69) is 38.4 Å². The van der Waals surface area contributed by atoms with Gasteiger partial charge in [-0.15, -0.1) is 0 Å². The SMILES string of the molecule is CC(NCc1ccc(F)cc1Br)c1cn[nH]c1. The van der Waals surface area contributed by atoms with Crippen molar-refractivity contribution in [2.24, 2.45) is 0 Å². The summed E-state index contributed by atoms with van der Waals surface area (Å²) in [5, 5.41) is 10.0. The number of H-pyrrole nitrogens is 1. The van der Waals surface area contributed by atoms with Crippen molar-refractivity contribution in [3.63, 3.8) is 0 Å². The molecule has 2 rings (SSSR count). The maximum Gasteiger partial charge on any atom is 0.124 e. The van der Waals surface area contributed by atoms with E-state index in [0.29, 0.717) is 6.54 Å². The lowest BCUT2D eigenvalue weighted by atomic mass is 10.1. The third kappa shape index (κ3) is 3.14. The average Bonchev–Trinajstić information content (AvgIpc) is 2.81. The minimum absolute atomic E-state index is 0.200. The predicted octanol–water partition coefficient (Wildman–Crippen LogP) is 3.16. The van der Waals surface area contributed by atoms with Crippen molar-refractivity contribution in [1.29, 1.82) is 0 Å². The normalized spacial score (nSPS) is 12.6. The van der Waals surface area contributed by atoms with Crippen LogP contribution in [0.1, 0.15) is 24.1 Å². The van der Waals surface area contributed by atoms with E-state index < -0.39 is 0 Å². The largest absolute Gasteiger partial charge is 0.306 e. The molecule has 1 aromatic heterocycles. The molecule has 0 aliphatic rings. The van der Waals surface area contributed by atoms with E-state index in [9.17, 15) is 4.39 Å². The van der Waals surface area contributed by atoms with Gasteiger partial charge in [0, 0.05) is 28.8 Å². The summed E-state index contributed by atoms with van der Waals surface area (Å²) in [6, 6.07) is 4.91. The van der Waals surface area contributed by atoms with Gasteiger partial charge >= 0.3 is 0 Å². The molecule has 1 unspecified atom stereocenters. The molecule has 0 saturated heterocycles. The smallest absolute Gasteiger partial charge is 0.124 e. The molecule has 2 aromatic rings. The Morgan fingerprint density at radius 3 is 3.00 bits per heavy atom. The summed E-state index contributed by atoms with van der Waals surface area (Å²) in [6.07, 6.45) is 3.65. The van der Waals surface area contributed by atoms with E-state index in [1.165, 1.54) is 12.1 Å². The van der Waals surface area contributed by atoms with Gasteiger partial charge in [0.1, 0.15) is 5.82 Å². The number of nitrogens with zero attached hydrogens (tertiary/aromatic N) is 1. The molecular formula is C12H13BrFN3. The quantitative estimate of drug-likeness (QED) is 0.910. The molecule has 1 atom stereocenters. The van der Waals surface area contributed by atoms with E-state index in [0.717, 1.165) is 15.6 Å². The molecule has 5 heteroatoms. The van der Waals surface area contributed by atoms with Crippen molar-refractivity contribution in [2.45, 2.75) is 19.5 Å². The minimum Gasteiger partial charge on any atom is -0.306 e. The molecule has 90 valence electrons. The Bertz CT molecular complexity index is 485. The molecular weight excluding hydrogens is 285 g/mol. The third-order valence-electron chi connectivity index (χ3n) is 2.63. The third-order valence-corrected chi connectivity index (χ3v) is 3.37. The lowest BCUT2D eigenvalue weighted by Gasteiger charge is -2.12. The highest BCUT2D eigenvalue weighted by molar-refractivity contribution is 9.10. The van der Waals surface area contributed by atoms with Crippen LogP contribution in [-0.2, 0) is 6.54 Å². The number of benzene rings is 1. The molecule has 17 heavy (non-hydrogen) atoms. The molecule has 0 fully saturated rings. The van der Waals surface area contributed by atoms with Crippen molar-refractivity contribution in [3.05, 3.63) is 52.0 Å². The summed E-state index contributed by atoms with van der Waals surface area (Å²) >= 11 is 3.35. The maximum atomic E-state index is 12.9. The number of hydrogen-bond donors (Lipinski definition) is 2. The molecule has 0 spiro atoms. The lowest BCUT2D eigenvalue weighted by molar-refractivity contribution is 0.571. The summed E-state index contributed by atoms with van der Waals surface area (Å²) < 4.78 is 13.7. The Morgan fingerprint density at radius 2 is 2.35 bits per heavy atom. The van der Waals surface area contributed by atoms with Crippen molar-refractivity contribution in [3.8, 4) is 0 Å². The first-order valence-corrected chi connectivity index (χ1v) is 6.12. The highest BCUT2D eigenvalue weighted by Gasteiger charge is 2.07.